The molecule has 1 aromatic rings. The van der Waals surface area contributed by atoms with Crippen LogP contribution in [0.3, 0.4) is 0 Å². The average molecular weight is 273 g/mol. The van der Waals surface area contributed by atoms with E-state index in [9.17, 15) is 0 Å². The lowest BCUT2D eigenvalue weighted by Crippen LogP contribution is -2.19. The number of hydrazine groups is 1. The van der Waals surface area contributed by atoms with Crippen molar-refractivity contribution >= 4 is 11.8 Å². The van der Waals surface area contributed by atoms with Crippen LogP contribution < -0.4 is 17.0 Å². The lowest BCUT2D eigenvalue weighted by molar-refractivity contribution is 0.303. The highest BCUT2D eigenvalue weighted by Crippen LogP contribution is 2.24. The molecular weight excluding hydrogens is 254 g/mol. The molecule has 6 heteroatoms. The van der Waals surface area contributed by atoms with Crippen LogP contribution in [0, 0.1) is 13.8 Å². The minimum absolute atomic E-state index is 0.448. The van der Waals surface area contributed by atoms with Gasteiger partial charge in [0.15, 0.2) is 0 Å². The highest BCUT2D eigenvalue weighted by Gasteiger charge is 2.17. The largest absolute Gasteiger partial charge is 0.494 e. The van der Waals surface area contributed by atoms with Crippen LogP contribution in [0.4, 0.5) is 0 Å². The summed E-state index contributed by atoms with van der Waals surface area (Å²) in [6, 6.07) is 2.06. The number of aromatic nitrogens is 1. The van der Waals surface area contributed by atoms with E-state index >= 15 is 0 Å². The van der Waals surface area contributed by atoms with Gasteiger partial charge in [-0.3, -0.25) is 5.84 Å². The maximum atomic E-state index is 5.84. The molecule has 1 aromatic heterocycles. The first-order chi connectivity index (χ1) is 9.55. The summed E-state index contributed by atoms with van der Waals surface area (Å²) < 4.78 is 5.32. The molecule has 0 saturated carbocycles. The quantitative estimate of drug-likeness (QED) is 0.489. The summed E-state index contributed by atoms with van der Waals surface area (Å²) in [5, 5.41) is 0. The smallest absolute Gasteiger partial charge is 0.146 e. The van der Waals surface area contributed by atoms with Crippen molar-refractivity contribution in [3.63, 3.8) is 0 Å². The number of nitrogens with one attached hydrogen (secondary N) is 2. The number of nitrogens with zero attached hydrogens (tertiary/aromatic N) is 1. The zero-order valence-corrected chi connectivity index (χ0v) is 11.8. The van der Waals surface area contributed by atoms with E-state index in [1.807, 2.05) is 13.0 Å². The predicted octanol–water partition coefficient (Wildman–Crippen LogP) is 1.22. The van der Waals surface area contributed by atoms with Crippen molar-refractivity contribution in [3.05, 3.63) is 52.4 Å². The van der Waals surface area contributed by atoms with Gasteiger partial charge in [0, 0.05) is 23.7 Å². The van der Waals surface area contributed by atoms with Crippen molar-refractivity contribution in [1.82, 2.24) is 10.4 Å². The Morgan fingerprint density at radius 3 is 2.75 bits per heavy atom. The lowest BCUT2D eigenvalue weighted by Gasteiger charge is -2.00. The maximum absolute atomic E-state index is 5.84. The minimum atomic E-state index is 0.448. The van der Waals surface area contributed by atoms with Crippen LogP contribution in [0.25, 0.3) is 6.08 Å². The van der Waals surface area contributed by atoms with E-state index in [4.69, 9.17) is 16.3 Å². The highest BCUT2D eigenvalue weighted by atomic mass is 16.5. The molecule has 0 bridgehead atoms. The van der Waals surface area contributed by atoms with Crippen LogP contribution in [-0.2, 0) is 4.74 Å². The Morgan fingerprint density at radius 2 is 2.20 bits per heavy atom. The fraction of sp³-hybridized carbons (Fsp3) is 0.214. The minimum Gasteiger partial charge on any atom is -0.494 e. The summed E-state index contributed by atoms with van der Waals surface area (Å²) in [5.74, 6) is 5.87. The van der Waals surface area contributed by atoms with Gasteiger partial charge in [0.25, 0.3) is 0 Å². The number of hydrogen-bond donors (Lipinski definition) is 4. The molecule has 0 aliphatic carbocycles. The van der Waals surface area contributed by atoms with Crippen molar-refractivity contribution in [3.8, 4) is 0 Å². The molecular formula is C14H19N5O. The molecule has 0 atom stereocenters. The standard InChI is InChI=1S/C14H19N5O/c1-8-4-10(18-9(8)2)5-13-14(20-3)6-12(19-13)11(15)7-17-16/h4-7,17-18H,15-16H2,1-3H3/b11-7-,13-5-. The molecule has 0 radical (unpaired) electrons. The van der Waals surface area contributed by atoms with Crippen LogP contribution in [0.5, 0.6) is 0 Å². The Hall–Kier alpha value is -2.47. The second-order valence-corrected chi connectivity index (χ2v) is 4.54. The van der Waals surface area contributed by atoms with Crippen LogP contribution in [0.2, 0.25) is 0 Å². The Balaban J connectivity index is 2.36. The molecule has 0 unspecified atom stereocenters. The number of ether oxygens (including phenoxy) is 1. The first-order valence-electron chi connectivity index (χ1n) is 6.20. The monoisotopic (exact) mass is 273 g/mol. The van der Waals surface area contributed by atoms with Crippen molar-refractivity contribution < 1.29 is 4.74 Å². The molecule has 0 fully saturated rings. The molecule has 0 saturated heterocycles. The fourth-order valence-electron chi connectivity index (χ4n) is 1.91. The van der Waals surface area contributed by atoms with Gasteiger partial charge in [0.2, 0.25) is 0 Å². The third kappa shape index (κ3) is 2.75. The summed E-state index contributed by atoms with van der Waals surface area (Å²) >= 11 is 0. The number of H-pyrrole nitrogens is 1. The molecule has 20 heavy (non-hydrogen) atoms. The van der Waals surface area contributed by atoms with E-state index in [1.165, 1.54) is 11.8 Å². The van der Waals surface area contributed by atoms with Crippen LogP contribution in [0.1, 0.15) is 17.0 Å². The molecule has 1 aliphatic rings. The number of allylic oxidation sites excluding steroid dienone is 1. The summed E-state index contributed by atoms with van der Waals surface area (Å²) in [7, 11) is 1.60. The normalized spacial score (nSPS) is 17.2. The fourth-order valence-corrected chi connectivity index (χ4v) is 1.91. The Kier molecular flexibility index (Phi) is 3.95. The first-order valence-corrected chi connectivity index (χ1v) is 6.20. The van der Waals surface area contributed by atoms with Crippen molar-refractivity contribution in [1.29, 1.82) is 0 Å². The number of hydrogen-bond acceptors (Lipinski definition) is 5. The topological polar surface area (TPSA) is 101 Å². The average Bonchev–Trinajstić information content (AvgIpc) is 2.94. The van der Waals surface area contributed by atoms with Gasteiger partial charge in [0.05, 0.1) is 18.5 Å². The van der Waals surface area contributed by atoms with Crippen molar-refractivity contribution in [2.45, 2.75) is 13.8 Å². The first kappa shape index (κ1) is 14.0. The van der Waals surface area contributed by atoms with E-state index in [-0.39, 0.29) is 0 Å². The number of methoxy groups -OCH3 is 1. The Morgan fingerprint density at radius 1 is 1.45 bits per heavy atom. The van der Waals surface area contributed by atoms with E-state index in [0.29, 0.717) is 17.2 Å². The van der Waals surface area contributed by atoms with Gasteiger partial charge in [-0.2, -0.15) is 0 Å². The van der Waals surface area contributed by atoms with E-state index in [0.717, 1.165) is 17.1 Å². The van der Waals surface area contributed by atoms with Gasteiger partial charge in [-0.15, -0.1) is 0 Å². The van der Waals surface area contributed by atoms with Crippen LogP contribution >= 0.6 is 0 Å². The number of rotatable bonds is 4. The Labute approximate surface area is 117 Å². The third-order valence-corrected chi connectivity index (χ3v) is 3.10. The molecule has 1 aliphatic heterocycles. The molecule has 2 rings (SSSR count). The van der Waals surface area contributed by atoms with Crippen LogP contribution in [-0.4, -0.2) is 17.8 Å². The second-order valence-electron chi connectivity index (χ2n) is 4.54. The van der Waals surface area contributed by atoms with E-state index < -0.39 is 0 Å². The number of aliphatic imine (C=N–C) groups is 1. The predicted molar refractivity (Wildman–Crippen MR) is 80.4 cm³/mol. The zero-order valence-electron chi connectivity index (χ0n) is 11.8. The molecule has 0 amide bonds. The molecule has 2 heterocycles. The van der Waals surface area contributed by atoms with Gasteiger partial charge >= 0.3 is 0 Å². The van der Waals surface area contributed by atoms with E-state index in [2.05, 4.69) is 28.4 Å². The lowest BCUT2D eigenvalue weighted by atomic mass is 10.2. The summed E-state index contributed by atoms with van der Waals surface area (Å²) in [6.45, 7) is 4.08. The zero-order chi connectivity index (χ0) is 14.7. The van der Waals surface area contributed by atoms with Gasteiger partial charge < -0.3 is 20.9 Å². The summed E-state index contributed by atoms with van der Waals surface area (Å²) in [5.41, 5.74) is 13.3. The van der Waals surface area contributed by atoms with Crippen molar-refractivity contribution in [2.75, 3.05) is 7.11 Å². The second kappa shape index (κ2) is 5.66. The van der Waals surface area contributed by atoms with Crippen molar-refractivity contribution in [2.24, 2.45) is 16.6 Å². The van der Waals surface area contributed by atoms with Gasteiger partial charge in [-0.1, -0.05) is 0 Å². The molecule has 0 aromatic carbocycles. The maximum Gasteiger partial charge on any atom is 0.146 e. The summed E-state index contributed by atoms with van der Waals surface area (Å²) in [6.07, 6.45) is 5.18. The Bertz CT molecular complexity index is 614. The third-order valence-electron chi connectivity index (χ3n) is 3.10. The highest BCUT2D eigenvalue weighted by molar-refractivity contribution is 6.11. The summed E-state index contributed by atoms with van der Waals surface area (Å²) in [4.78, 5) is 7.72. The number of aryl methyl sites for hydroxylation is 2. The number of nitrogens with two attached hydrogens (primary N) is 2. The van der Waals surface area contributed by atoms with Gasteiger partial charge in [0.1, 0.15) is 11.5 Å². The SMILES string of the molecule is COC1=CC(C(/N)=C/NN)=N/C1=C\c1cc(C)c(C)[nH]1. The van der Waals surface area contributed by atoms with Gasteiger partial charge in [-0.05, 0) is 31.6 Å². The molecule has 0 spiro atoms. The molecule has 106 valence electrons. The van der Waals surface area contributed by atoms with Crippen LogP contribution in [0.15, 0.2) is 40.5 Å². The van der Waals surface area contributed by atoms with Gasteiger partial charge in [-0.25, -0.2) is 4.99 Å². The van der Waals surface area contributed by atoms with E-state index in [1.54, 1.807) is 13.2 Å². The molecule has 6 N–H and O–H groups in total. The molecule has 6 nitrogen and oxygen atoms in total. The number of aromatic amines is 1.